The highest BCUT2D eigenvalue weighted by Crippen LogP contribution is 2.26. The highest BCUT2D eigenvalue weighted by Gasteiger charge is 2.03. The van der Waals surface area contributed by atoms with Gasteiger partial charge in [0.25, 0.3) is 0 Å². The highest BCUT2D eigenvalue weighted by atomic mass is 79.9. The predicted octanol–water partition coefficient (Wildman–Crippen LogP) is 4.06. The van der Waals surface area contributed by atoms with E-state index < -0.39 is 0 Å². The maximum absolute atomic E-state index is 5.83. The Morgan fingerprint density at radius 3 is 2.37 bits per heavy atom. The van der Waals surface area contributed by atoms with Crippen molar-refractivity contribution in [2.75, 3.05) is 7.05 Å². The molecule has 0 heterocycles. The first-order valence-electron chi connectivity index (χ1n) is 6.30. The van der Waals surface area contributed by atoms with Crippen LogP contribution >= 0.6 is 15.9 Å². The molecule has 19 heavy (non-hydrogen) atoms. The molecule has 1 N–H and O–H groups in total. The van der Waals surface area contributed by atoms with Crippen LogP contribution in [0.3, 0.4) is 0 Å². The first kappa shape index (κ1) is 14.1. The summed E-state index contributed by atoms with van der Waals surface area (Å²) >= 11 is 3.55. The molecule has 0 amide bonds. The number of aryl methyl sites for hydroxylation is 1. The van der Waals surface area contributed by atoms with E-state index in [2.05, 4.69) is 64.6 Å². The van der Waals surface area contributed by atoms with Gasteiger partial charge in [0.05, 0.1) is 4.47 Å². The SMILES string of the molecule is CNCc1ccc(OCc2ccc(C)cc2)c(Br)c1. The zero-order valence-corrected chi connectivity index (χ0v) is 12.8. The fraction of sp³-hybridized carbons (Fsp3) is 0.250. The molecule has 2 nitrogen and oxygen atoms in total. The average Bonchev–Trinajstić information content (AvgIpc) is 2.40. The number of hydrogen-bond donors (Lipinski definition) is 1. The van der Waals surface area contributed by atoms with Crippen LogP contribution in [0.15, 0.2) is 46.9 Å². The molecule has 3 heteroatoms. The van der Waals surface area contributed by atoms with Crippen LogP contribution in [-0.2, 0) is 13.2 Å². The maximum Gasteiger partial charge on any atom is 0.134 e. The van der Waals surface area contributed by atoms with E-state index in [1.807, 2.05) is 13.1 Å². The van der Waals surface area contributed by atoms with Crippen molar-refractivity contribution in [3.63, 3.8) is 0 Å². The lowest BCUT2D eigenvalue weighted by Gasteiger charge is -2.10. The standard InChI is InChI=1S/C16H18BrNO/c1-12-3-5-13(6-4-12)11-19-16-8-7-14(10-18-2)9-15(16)17/h3-9,18H,10-11H2,1-2H3. The topological polar surface area (TPSA) is 21.3 Å². The number of rotatable bonds is 5. The van der Waals surface area contributed by atoms with Gasteiger partial charge in [0.2, 0.25) is 0 Å². The minimum Gasteiger partial charge on any atom is -0.488 e. The van der Waals surface area contributed by atoms with Crippen molar-refractivity contribution in [3.8, 4) is 5.75 Å². The Morgan fingerprint density at radius 2 is 1.74 bits per heavy atom. The van der Waals surface area contributed by atoms with Crippen molar-refractivity contribution in [2.45, 2.75) is 20.1 Å². The molecule has 0 aliphatic carbocycles. The summed E-state index contributed by atoms with van der Waals surface area (Å²) in [5.41, 5.74) is 3.68. The molecule has 2 aromatic carbocycles. The molecular weight excluding hydrogens is 302 g/mol. The third-order valence-corrected chi connectivity index (χ3v) is 3.51. The van der Waals surface area contributed by atoms with Gasteiger partial charge in [-0.25, -0.2) is 0 Å². The lowest BCUT2D eigenvalue weighted by Crippen LogP contribution is -2.05. The van der Waals surface area contributed by atoms with Crippen molar-refractivity contribution < 1.29 is 4.74 Å². The summed E-state index contributed by atoms with van der Waals surface area (Å²) in [6.45, 7) is 3.53. The average molecular weight is 320 g/mol. The zero-order chi connectivity index (χ0) is 13.7. The number of halogens is 1. The molecular formula is C16H18BrNO. The number of nitrogens with one attached hydrogen (secondary N) is 1. The van der Waals surface area contributed by atoms with Gasteiger partial charge in [-0.05, 0) is 53.2 Å². The molecule has 0 unspecified atom stereocenters. The lowest BCUT2D eigenvalue weighted by atomic mass is 10.2. The summed E-state index contributed by atoms with van der Waals surface area (Å²) in [5, 5.41) is 3.13. The predicted molar refractivity (Wildman–Crippen MR) is 82.4 cm³/mol. The van der Waals surface area contributed by atoms with Gasteiger partial charge in [-0.1, -0.05) is 35.9 Å². The third kappa shape index (κ3) is 4.08. The minimum atomic E-state index is 0.588. The number of ether oxygens (including phenoxy) is 1. The second-order valence-electron chi connectivity index (χ2n) is 4.57. The first-order chi connectivity index (χ1) is 9.19. The fourth-order valence-electron chi connectivity index (χ4n) is 1.82. The third-order valence-electron chi connectivity index (χ3n) is 2.89. The monoisotopic (exact) mass is 319 g/mol. The van der Waals surface area contributed by atoms with Crippen molar-refractivity contribution >= 4 is 15.9 Å². The van der Waals surface area contributed by atoms with Crippen LogP contribution in [0.5, 0.6) is 5.75 Å². The van der Waals surface area contributed by atoms with E-state index >= 15 is 0 Å². The molecule has 0 saturated carbocycles. The Labute approximate surface area is 122 Å². The van der Waals surface area contributed by atoms with E-state index in [0.29, 0.717) is 6.61 Å². The van der Waals surface area contributed by atoms with Gasteiger partial charge in [0.15, 0.2) is 0 Å². The molecule has 0 saturated heterocycles. The largest absolute Gasteiger partial charge is 0.488 e. The first-order valence-corrected chi connectivity index (χ1v) is 7.09. The van der Waals surface area contributed by atoms with Crippen molar-refractivity contribution in [3.05, 3.63) is 63.6 Å². The molecule has 0 radical (unpaired) electrons. The molecule has 0 aliphatic rings. The highest BCUT2D eigenvalue weighted by molar-refractivity contribution is 9.10. The molecule has 2 rings (SSSR count). The van der Waals surface area contributed by atoms with Gasteiger partial charge < -0.3 is 10.1 Å². The van der Waals surface area contributed by atoms with Gasteiger partial charge in [0, 0.05) is 6.54 Å². The van der Waals surface area contributed by atoms with Crippen molar-refractivity contribution in [1.29, 1.82) is 0 Å². The Balaban J connectivity index is 2.01. The van der Waals surface area contributed by atoms with Crippen molar-refractivity contribution in [1.82, 2.24) is 5.32 Å². The quantitative estimate of drug-likeness (QED) is 0.897. The Morgan fingerprint density at radius 1 is 1.05 bits per heavy atom. The van der Waals surface area contributed by atoms with E-state index in [0.717, 1.165) is 16.8 Å². The molecule has 0 aliphatic heterocycles. The smallest absolute Gasteiger partial charge is 0.134 e. The molecule has 0 aromatic heterocycles. The van der Waals surface area contributed by atoms with Gasteiger partial charge in [-0.3, -0.25) is 0 Å². The second kappa shape index (κ2) is 6.73. The Bertz CT molecular complexity index is 537. The van der Waals surface area contributed by atoms with Gasteiger partial charge >= 0.3 is 0 Å². The van der Waals surface area contributed by atoms with Gasteiger partial charge in [-0.15, -0.1) is 0 Å². The van der Waals surface area contributed by atoms with Crippen LogP contribution in [0.4, 0.5) is 0 Å². The van der Waals surface area contributed by atoms with Crippen LogP contribution < -0.4 is 10.1 Å². The van der Waals surface area contributed by atoms with E-state index in [4.69, 9.17) is 4.74 Å². The second-order valence-corrected chi connectivity index (χ2v) is 5.42. The summed E-state index contributed by atoms with van der Waals surface area (Å²) < 4.78 is 6.82. The van der Waals surface area contributed by atoms with Crippen molar-refractivity contribution in [2.24, 2.45) is 0 Å². The maximum atomic E-state index is 5.83. The minimum absolute atomic E-state index is 0.588. The van der Waals surface area contributed by atoms with Crippen LogP contribution in [0.25, 0.3) is 0 Å². The molecule has 0 bridgehead atoms. The zero-order valence-electron chi connectivity index (χ0n) is 11.2. The van der Waals surface area contributed by atoms with Gasteiger partial charge in [0.1, 0.15) is 12.4 Å². The van der Waals surface area contributed by atoms with E-state index in [1.165, 1.54) is 16.7 Å². The fourth-order valence-corrected chi connectivity index (χ4v) is 2.36. The van der Waals surface area contributed by atoms with Gasteiger partial charge in [-0.2, -0.15) is 0 Å². The van der Waals surface area contributed by atoms with E-state index in [-0.39, 0.29) is 0 Å². The summed E-state index contributed by atoms with van der Waals surface area (Å²) in [6, 6.07) is 14.6. The van der Waals surface area contributed by atoms with E-state index in [1.54, 1.807) is 0 Å². The van der Waals surface area contributed by atoms with Crippen LogP contribution in [0, 0.1) is 6.92 Å². The summed E-state index contributed by atoms with van der Waals surface area (Å²) in [7, 11) is 1.94. The number of benzene rings is 2. The Hall–Kier alpha value is -1.32. The molecule has 100 valence electrons. The normalized spacial score (nSPS) is 10.5. The number of hydrogen-bond acceptors (Lipinski definition) is 2. The molecule has 0 fully saturated rings. The van der Waals surface area contributed by atoms with Crippen LogP contribution in [0.1, 0.15) is 16.7 Å². The van der Waals surface area contributed by atoms with E-state index in [9.17, 15) is 0 Å². The van der Waals surface area contributed by atoms with Crippen LogP contribution in [-0.4, -0.2) is 7.05 Å². The summed E-state index contributed by atoms with van der Waals surface area (Å²) in [6.07, 6.45) is 0. The summed E-state index contributed by atoms with van der Waals surface area (Å²) in [5.74, 6) is 0.875. The van der Waals surface area contributed by atoms with Crippen LogP contribution in [0.2, 0.25) is 0 Å². The molecule has 0 atom stereocenters. The summed E-state index contributed by atoms with van der Waals surface area (Å²) in [4.78, 5) is 0. The lowest BCUT2D eigenvalue weighted by molar-refractivity contribution is 0.304. The Kier molecular flexibility index (Phi) is 5.00. The molecule has 0 spiro atoms. The molecule has 2 aromatic rings.